The summed E-state index contributed by atoms with van der Waals surface area (Å²) in [7, 11) is 0. The fraction of sp³-hybridized carbons (Fsp3) is 0.167. The number of halogens is 2. The van der Waals surface area contributed by atoms with Gasteiger partial charge in [0.1, 0.15) is 5.82 Å². The summed E-state index contributed by atoms with van der Waals surface area (Å²) >= 11 is 5.94. The first-order valence-corrected chi connectivity index (χ1v) is 8.04. The van der Waals surface area contributed by atoms with Crippen LogP contribution in [0.5, 0.6) is 0 Å². The zero-order valence-electron chi connectivity index (χ0n) is 13.8. The molecule has 0 aliphatic carbocycles. The summed E-state index contributed by atoms with van der Waals surface area (Å²) in [6.07, 6.45) is 1.39. The second kappa shape index (κ2) is 7.03. The number of aryl methyl sites for hydroxylation is 2. The first-order chi connectivity index (χ1) is 11.9. The molecule has 1 N–H and O–H groups in total. The van der Waals surface area contributed by atoms with Gasteiger partial charge in [-0.25, -0.2) is 14.1 Å². The van der Waals surface area contributed by atoms with Gasteiger partial charge in [-0.2, -0.15) is 5.10 Å². The van der Waals surface area contributed by atoms with Gasteiger partial charge in [0.25, 0.3) is 0 Å². The van der Waals surface area contributed by atoms with Gasteiger partial charge in [-0.15, -0.1) is 0 Å². The van der Waals surface area contributed by atoms with Gasteiger partial charge in [-0.05, 0) is 44.2 Å². The lowest BCUT2D eigenvalue weighted by molar-refractivity contribution is -0.115. The molecule has 0 radical (unpaired) electrons. The summed E-state index contributed by atoms with van der Waals surface area (Å²) in [4.78, 5) is 16.4. The monoisotopic (exact) mass is 358 g/mol. The summed E-state index contributed by atoms with van der Waals surface area (Å²) in [5.74, 6) is -0.214. The van der Waals surface area contributed by atoms with Crippen LogP contribution in [-0.4, -0.2) is 20.7 Å². The van der Waals surface area contributed by atoms with Crippen molar-refractivity contribution in [3.8, 4) is 5.82 Å². The lowest BCUT2D eigenvalue weighted by Gasteiger charge is -2.08. The molecule has 0 spiro atoms. The van der Waals surface area contributed by atoms with Gasteiger partial charge in [0.15, 0.2) is 5.82 Å². The Morgan fingerprint density at radius 1 is 1.28 bits per heavy atom. The van der Waals surface area contributed by atoms with Crippen molar-refractivity contribution in [1.82, 2.24) is 14.8 Å². The fourth-order valence-corrected chi connectivity index (χ4v) is 2.74. The minimum atomic E-state index is -0.499. The normalized spacial score (nSPS) is 10.7. The average Bonchev–Trinajstić information content (AvgIpc) is 2.90. The Bertz CT molecular complexity index is 901. The molecular formula is C18H16ClFN4O. The van der Waals surface area contributed by atoms with Gasteiger partial charge >= 0.3 is 0 Å². The zero-order chi connectivity index (χ0) is 18.0. The maximum Gasteiger partial charge on any atom is 0.229 e. The summed E-state index contributed by atoms with van der Waals surface area (Å²) in [5, 5.41) is 7.27. The van der Waals surface area contributed by atoms with E-state index in [9.17, 15) is 9.18 Å². The third-order valence-electron chi connectivity index (χ3n) is 3.66. The summed E-state index contributed by atoms with van der Waals surface area (Å²) in [5.41, 5.74) is 2.56. The van der Waals surface area contributed by atoms with Crippen LogP contribution >= 0.6 is 11.6 Å². The maximum atomic E-state index is 13.7. The highest BCUT2D eigenvalue weighted by atomic mass is 35.5. The van der Waals surface area contributed by atoms with E-state index in [0.29, 0.717) is 11.5 Å². The Hall–Kier alpha value is -2.73. The number of nitrogens with one attached hydrogen (secondary N) is 1. The quantitative estimate of drug-likeness (QED) is 0.770. The molecule has 3 aromatic rings. The number of benzene rings is 1. The summed E-state index contributed by atoms with van der Waals surface area (Å²) in [6.45, 7) is 3.85. The second-order valence-electron chi connectivity index (χ2n) is 5.67. The van der Waals surface area contributed by atoms with E-state index in [4.69, 9.17) is 11.6 Å². The molecule has 1 amide bonds. The molecule has 0 atom stereocenters. The van der Waals surface area contributed by atoms with Crippen LogP contribution in [0.4, 0.5) is 10.1 Å². The van der Waals surface area contributed by atoms with Crippen LogP contribution in [0.1, 0.15) is 17.0 Å². The van der Waals surface area contributed by atoms with Crippen molar-refractivity contribution >= 4 is 23.2 Å². The number of hydrogen-bond donors (Lipinski definition) is 1. The minimum Gasteiger partial charge on any atom is -0.324 e. The number of aromatic nitrogens is 3. The molecule has 0 saturated heterocycles. The van der Waals surface area contributed by atoms with Crippen molar-refractivity contribution < 1.29 is 9.18 Å². The lowest BCUT2D eigenvalue weighted by atomic mass is 10.1. The first kappa shape index (κ1) is 17.1. The van der Waals surface area contributed by atoms with E-state index in [1.54, 1.807) is 22.9 Å². The van der Waals surface area contributed by atoms with E-state index in [1.165, 1.54) is 18.3 Å². The Balaban J connectivity index is 1.71. The standard InChI is InChI=1S/C18H16ClFN4O/c1-11-8-12(2)24(23-11)17-7-6-13(10-21-17)22-18(25)9-14-15(19)4-3-5-16(14)20/h3-8,10H,9H2,1-2H3,(H,22,25). The second-order valence-corrected chi connectivity index (χ2v) is 6.08. The number of carbonyl (C=O) groups is 1. The molecule has 0 saturated carbocycles. The topological polar surface area (TPSA) is 59.8 Å². The highest BCUT2D eigenvalue weighted by Crippen LogP contribution is 2.20. The molecular weight excluding hydrogens is 343 g/mol. The van der Waals surface area contributed by atoms with E-state index in [0.717, 1.165) is 11.4 Å². The number of pyridine rings is 1. The molecule has 128 valence electrons. The van der Waals surface area contributed by atoms with Crippen LogP contribution < -0.4 is 5.32 Å². The third kappa shape index (κ3) is 3.85. The highest BCUT2D eigenvalue weighted by molar-refractivity contribution is 6.31. The average molecular weight is 359 g/mol. The molecule has 0 aliphatic heterocycles. The molecule has 2 aromatic heterocycles. The van der Waals surface area contributed by atoms with Crippen LogP contribution in [0.2, 0.25) is 5.02 Å². The largest absolute Gasteiger partial charge is 0.324 e. The van der Waals surface area contributed by atoms with Crippen LogP contribution in [0.15, 0.2) is 42.6 Å². The molecule has 2 heterocycles. The van der Waals surface area contributed by atoms with Crippen LogP contribution in [0.25, 0.3) is 5.82 Å². The fourth-order valence-electron chi connectivity index (χ4n) is 2.51. The molecule has 0 aliphatic rings. The predicted molar refractivity (Wildman–Crippen MR) is 94.6 cm³/mol. The van der Waals surface area contributed by atoms with Crippen molar-refractivity contribution in [3.05, 3.63) is 70.4 Å². The van der Waals surface area contributed by atoms with Crippen LogP contribution in [0.3, 0.4) is 0 Å². The Morgan fingerprint density at radius 2 is 2.08 bits per heavy atom. The maximum absolute atomic E-state index is 13.7. The van der Waals surface area contributed by atoms with Crippen molar-refractivity contribution in [2.45, 2.75) is 20.3 Å². The number of carbonyl (C=O) groups excluding carboxylic acids is 1. The molecule has 5 nitrogen and oxygen atoms in total. The van der Waals surface area contributed by atoms with Gasteiger partial charge in [0.2, 0.25) is 5.91 Å². The molecule has 25 heavy (non-hydrogen) atoms. The van der Waals surface area contributed by atoms with E-state index in [-0.39, 0.29) is 22.9 Å². The zero-order valence-corrected chi connectivity index (χ0v) is 14.5. The molecule has 1 aromatic carbocycles. The van der Waals surface area contributed by atoms with Crippen molar-refractivity contribution in [2.24, 2.45) is 0 Å². The Labute approximate surface area is 149 Å². The molecule has 0 bridgehead atoms. The Kier molecular flexibility index (Phi) is 4.81. The lowest BCUT2D eigenvalue weighted by Crippen LogP contribution is -2.16. The van der Waals surface area contributed by atoms with E-state index < -0.39 is 5.82 Å². The number of anilines is 1. The van der Waals surface area contributed by atoms with Crippen molar-refractivity contribution in [1.29, 1.82) is 0 Å². The van der Waals surface area contributed by atoms with Gasteiger partial charge < -0.3 is 5.32 Å². The van der Waals surface area contributed by atoms with Gasteiger partial charge in [-0.3, -0.25) is 4.79 Å². The first-order valence-electron chi connectivity index (χ1n) is 7.66. The highest BCUT2D eigenvalue weighted by Gasteiger charge is 2.12. The number of amides is 1. The SMILES string of the molecule is Cc1cc(C)n(-c2ccc(NC(=O)Cc3c(F)cccc3Cl)cn2)n1. The Morgan fingerprint density at radius 3 is 2.68 bits per heavy atom. The van der Waals surface area contributed by atoms with Crippen molar-refractivity contribution in [3.63, 3.8) is 0 Å². The van der Waals surface area contributed by atoms with Gasteiger partial charge in [-0.1, -0.05) is 17.7 Å². The third-order valence-corrected chi connectivity index (χ3v) is 4.01. The van der Waals surface area contributed by atoms with Crippen LogP contribution in [-0.2, 0) is 11.2 Å². The van der Waals surface area contributed by atoms with E-state index >= 15 is 0 Å². The molecule has 7 heteroatoms. The summed E-state index contributed by atoms with van der Waals surface area (Å²) < 4.78 is 15.5. The molecule has 3 rings (SSSR count). The number of nitrogens with zero attached hydrogens (tertiary/aromatic N) is 3. The van der Waals surface area contributed by atoms with E-state index in [2.05, 4.69) is 15.4 Å². The van der Waals surface area contributed by atoms with Gasteiger partial charge in [0, 0.05) is 16.3 Å². The van der Waals surface area contributed by atoms with E-state index in [1.807, 2.05) is 19.9 Å². The molecule has 0 fully saturated rings. The number of hydrogen-bond acceptors (Lipinski definition) is 3. The number of rotatable bonds is 4. The van der Waals surface area contributed by atoms with Crippen molar-refractivity contribution in [2.75, 3.05) is 5.32 Å². The minimum absolute atomic E-state index is 0.148. The van der Waals surface area contributed by atoms with Gasteiger partial charge in [0.05, 0.1) is 24.0 Å². The van der Waals surface area contributed by atoms with Crippen LogP contribution in [0, 0.1) is 19.7 Å². The summed E-state index contributed by atoms with van der Waals surface area (Å²) in [6, 6.07) is 9.76. The predicted octanol–water partition coefficient (Wildman–Crippen LogP) is 3.86. The smallest absolute Gasteiger partial charge is 0.229 e. The molecule has 0 unspecified atom stereocenters.